The molecule has 1 N–H and O–H groups in total. The van der Waals surface area contributed by atoms with Crippen LogP contribution in [0.25, 0.3) is 0 Å². The quantitative estimate of drug-likeness (QED) is 0.878. The molecular formula is C9H12F3NOS. The van der Waals surface area contributed by atoms with Gasteiger partial charge in [0.05, 0.1) is 11.0 Å². The summed E-state index contributed by atoms with van der Waals surface area (Å²) >= 11 is 0.504. The Morgan fingerprint density at radius 1 is 1.47 bits per heavy atom. The van der Waals surface area contributed by atoms with Crippen molar-refractivity contribution in [2.24, 2.45) is 5.92 Å². The molecule has 1 rings (SSSR count). The molecule has 0 spiro atoms. The third kappa shape index (κ3) is 3.46. The minimum absolute atomic E-state index is 0.233. The van der Waals surface area contributed by atoms with Gasteiger partial charge in [-0.25, -0.2) is 4.98 Å². The van der Waals surface area contributed by atoms with E-state index in [4.69, 9.17) is 0 Å². The molecule has 2 nitrogen and oxygen atoms in total. The molecule has 0 amide bonds. The molecule has 1 atom stereocenters. The summed E-state index contributed by atoms with van der Waals surface area (Å²) in [7, 11) is 0. The van der Waals surface area contributed by atoms with E-state index in [0.29, 0.717) is 17.8 Å². The number of halogens is 3. The average molecular weight is 239 g/mol. The average Bonchev–Trinajstić information content (AvgIpc) is 2.48. The van der Waals surface area contributed by atoms with Crippen LogP contribution in [0.15, 0.2) is 6.20 Å². The van der Waals surface area contributed by atoms with Gasteiger partial charge in [-0.05, 0) is 12.3 Å². The second kappa shape index (κ2) is 4.49. The van der Waals surface area contributed by atoms with Gasteiger partial charge in [0.1, 0.15) is 0 Å². The highest BCUT2D eigenvalue weighted by Gasteiger charge is 2.35. The van der Waals surface area contributed by atoms with Crippen molar-refractivity contribution in [2.75, 3.05) is 0 Å². The predicted molar refractivity (Wildman–Crippen MR) is 51.5 cm³/mol. The highest BCUT2D eigenvalue weighted by molar-refractivity contribution is 7.11. The number of aliphatic hydroxyl groups excluding tert-OH is 1. The molecule has 0 saturated heterocycles. The summed E-state index contributed by atoms with van der Waals surface area (Å²) in [5, 5.41) is 8.67. The molecule has 1 heterocycles. The van der Waals surface area contributed by atoms with Crippen molar-refractivity contribution in [3.63, 3.8) is 0 Å². The van der Waals surface area contributed by atoms with Crippen molar-refractivity contribution >= 4 is 11.3 Å². The first-order valence-corrected chi connectivity index (χ1v) is 5.33. The maximum absolute atomic E-state index is 12.2. The molecule has 6 heteroatoms. The Bertz CT molecular complexity index is 321. The zero-order valence-electron chi connectivity index (χ0n) is 8.38. The molecule has 86 valence electrons. The summed E-state index contributed by atoms with van der Waals surface area (Å²) in [6.45, 7) is 3.80. The molecule has 0 aromatic carbocycles. The van der Waals surface area contributed by atoms with Crippen LogP contribution >= 0.6 is 11.3 Å². The smallest absolute Gasteiger partial charge is 0.388 e. The second-order valence-electron chi connectivity index (χ2n) is 3.71. The number of rotatable bonds is 3. The number of aliphatic hydroxyl groups is 1. The SMILES string of the molecule is CC(C)CC(O)c1cnc(C(F)(F)F)s1. The van der Waals surface area contributed by atoms with Gasteiger partial charge in [0.15, 0.2) is 5.01 Å². The number of thiazole rings is 1. The van der Waals surface area contributed by atoms with E-state index in [9.17, 15) is 18.3 Å². The van der Waals surface area contributed by atoms with Gasteiger partial charge >= 0.3 is 6.18 Å². The van der Waals surface area contributed by atoms with Crippen LogP contribution < -0.4 is 0 Å². The lowest BCUT2D eigenvalue weighted by Gasteiger charge is -2.09. The highest BCUT2D eigenvalue weighted by Crippen LogP contribution is 2.35. The zero-order valence-corrected chi connectivity index (χ0v) is 9.19. The largest absolute Gasteiger partial charge is 0.443 e. The molecule has 0 saturated carbocycles. The van der Waals surface area contributed by atoms with Crippen LogP contribution in [-0.2, 0) is 6.18 Å². The van der Waals surface area contributed by atoms with Crippen LogP contribution in [0, 0.1) is 5.92 Å². The number of alkyl halides is 3. The third-order valence-corrected chi connectivity index (χ3v) is 2.93. The Hall–Kier alpha value is -0.620. The van der Waals surface area contributed by atoms with Crippen molar-refractivity contribution in [3.8, 4) is 0 Å². The number of nitrogens with zero attached hydrogens (tertiary/aromatic N) is 1. The van der Waals surface area contributed by atoms with Gasteiger partial charge < -0.3 is 5.11 Å². The summed E-state index contributed by atoms with van der Waals surface area (Å²) in [5.74, 6) is 0.233. The molecule has 0 aliphatic carbocycles. The van der Waals surface area contributed by atoms with E-state index in [-0.39, 0.29) is 10.8 Å². The van der Waals surface area contributed by atoms with Crippen molar-refractivity contribution in [3.05, 3.63) is 16.1 Å². The third-order valence-electron chi connectivity index (χ3n) is 1.79. The summed E-state index contributed by atoms with van der Waals surface area (Å²) in [6, 6.07) is 0. The standard InChI is InChI=1S/C9H12F3NOS/c1-5(2)3-6(14)7-4-13-8(15-7)9(10,11)12/h4-6,14H,3H2,1-2H3. The van der Waals surface area contributed by atoms with Crippen molar-refractivity contribution in [1.82, 2.24) is 4.98 Å². The normalized spacial score (nSPS) is 14.6. The fourth-order valence-corrected chi connectivity index (χ4v) is 1.92. The lowest BCUT2D eigenvalue weighted by molar-refractivity contribution is -0.137. The molecule has 0 aliphatic heterocycles. The Kier molecular flexibility index (Phi) is 3.72. The van der Waals surface area contributed by atoms with Crippen molar-refractivity contribution in [1.29, 1.82) is 0 Å². The van der Waals surface area contributed by atoms with Gasteiger partial charge in [-0.2, -0.15) is 13.2 Å². The van der Waals surface area contributed by atoms with Crippen LogP contribution in [0.4, 0.5) is 13.2 Å². The molecule has 0 radical (unpaired) electrons. The predicted octanol–water partition coefficient (Wildman–Crippen LogP) is 3.24. The first kappa shape index (κ1) is 12.4. The van der Waals surface area contributed by atoms with Gasteiger partial charge in [-0.15, -0.1) is 11.3 Å². The highest BCUT2D eigenvalue weighted by atomic mass is 32.1. The van der Waals surface area contributed by atoms with Crippen molar-refractivity contribution in [2.45, 2.75) is 32.5 Å². The molecular weight excluding hydrogens is 227 g/mol. The van der Waals surface area contributed by atoms with E-state index >= 15 is 0 Å². The lowest BCUT2D eigenvalue weighted by atomic mass is 10.1. The van der Waals surface area contributed by atoms with E-state index in [1.165, 1.54) is 0 Å². The van der Waals surface area contributed by atoms with Gasteiger partial charge in [0.2, 0.25) is 0 Å². The monoisotopic (exact) mass is 239 g/mol. The first-order chi connectivity index (χ1) is 6.80. The minimum Gasteiger partial charge on any atom is -0.388 e. The van der Waals surface area contributed by atoms with E-state index in [0.717, 1.165) is 6.20 Å². The zero-order chi connectivity index (χ0) is 11.6. The van der Waals surface area contributed by atoms with E-state index in [1.54, 1.807) is 0 Å². The summed E-state index contributed by atoms with van der Waals surface area (Å²) in [6.07, 6.45) is -3.72. The number of hydrogen-bond acceptors (Lipinski definition) is 3. The molecule has 15 heavy (non-hydrogen) atoms. The van der Waals surface area contributed by atoms with Gasteiger partial charge in [-0.1, -0.05) is 13.8 Å². The fraction of sp³-hybridized carbons (Fsp3) is 0.667. The minimum atomic E-state index is -4.42. The second-order valence-corrected chi connectivity index (χ2v) is 4.77. The Morgan fingerprint density at radius 3 is 2.47 bits per heavy atom. The molecule has 0 bridgehead atoms. The van der Waals surface area contributed by atoms with E-state index in [2.05, 4.69) is 4.98 Å². The van der Waals surface area contributed by atoms with Crippen LogP contribution in [0.5, 0.6) is 0 Å². The molecule has 0 aliphatic rings. The maximum Gasteiger partial charge on any atom is 0.443 e. The van der Waals surface area contributed by atoms with E-state index < -0.39 is 17.3 Å². The van der Waals surface area contributed by atoms with Gasteiger partial charge in [0.25, 0.3) is 0 Å². The summed E-state index contributed by atoms with van der Waals surface area (Å²) in [5.41, 5.74) is 0. The van der Waals surface area contributed by atoms with Crippen LogP contribution in [0.2, 0.25) is 0 Å². The van der Waals surface area contributed by atoms with E-state index in [1.807, 2.05) is 13.8 Å². The number of hydrogen-bond donors (Lipinski definition) is 1. The van der Waals surface area contributed by atoms with Crippen molar-refractivity contribution < 1.29 is 18.3 Å². The van der Waals surface area contributed by atoms with Gasteiger partial charge in [0, 0.05) is 6.20 Å². The Morgan fingerprint density at radius 2 is 2.07 bits per heavy atom. The number of aromatic nitrogens is 1. The first-order valence-electron chi connectivity index (χ1n) is 4.51. The Labute approximate surface area is 89.8 Å². The van der Waals surface area contributed by atoms with Gasteiger partial charge in [-0.3, -0.25) is 0 Å². The summed E-state index contributed by atoms with van der Waals surface area (Å²) < 4.78 is 36.6. The van der Waals surface area contributed by atoms with Crippen LogP contribution in [-0.4, -0.2) is 10.1 Å². The lowest BCUT2D eigenvalue weighted by Crippen LogP contribution is -2.03. The fourth-order valence-electron chi connectivity index (χ4n) is 1.13. The molecule has 0 fully saturated rings. The molecule has 1 aromatic heterocycles. The topological polar surface area (TPSA) is 33.1 Å². The maximum atomic E-state index is 12.2. The molecule has 1 aromatic rings. The van der Waals surface area contributed by atoms with Crippen LogP contribution in [0.1, 0.15) is 36.3 Å². The molecule has 1 unspecified atom stereocenters. The summed E-state index contributed by atoms with van der Waals surface area (Å²) in [4.78, 5) is 3.52. The Balaban J connectivity index is 2.76. The van der Waals surface area contributed by atoms with Crippen LogP contribution in [0.3, 0.4) is 0 Å².